The smallest absolute Gasteiger partial charge is 0.254 e. The molecule has 106 valence electrons. The molecule has 0 radical (unpaired) electrons. The van der Waals surface area contributed by atoms with Gasteiger partial charge in [-0.25, -0.2) is 9.67 Å². The van der Waals surface area contributed by atoms with E-state index in [4.69, 9.17) is 4.74 Å². The minimum Gasteiger partial charge on any atom is -0.481 e. The molecule has 5 heteroatoms. The van der Waals surface area contributed by atoms with E-state index in [9.17, 15) is 0 Å². The van der Waals surface area contributed by atoms with Gasteiger partial charge in [-0.1, -0.05) is 30.3 Å². The fourth-order valence-electron chi connectivity index (χ4n) is 2.20. The molecule has 0 atom stereocenters. The highest BCUT2D eigenvalue weighted by atomic mass is 16.5. The van der Waals surface area contributed by atoms with Gasteiger partial charge in [-0.15, -0.1) is 0 Å². The molecule has 3 rings (SSSR count). The van der Waals surface area contributed by atoms with Gasteiger partial charge in [0.25, 0.3) is 5.95 Å². The summed E-state index contributed by atoms with van der Waals surface area (Å²) < 4.78 is 7.02. The predicted octanol–water partition coefficient (Wildman–Crippen LogP) is 2.95. The summed E-state index contributed by atoms with van der Waals surface area (Å²) in [5.74, 6) is 1.03. The van der Waals surface area contributed by atoms with Crippen LogP contribution >= 0.6 is 0 Å². The number of ether oxygens (including phenoxy) is 1. The lowest BCUT2D eigenvalue weighted by molar-refractivity contribution is 0.396. The highest BCUT2D eigenvalue weighted by Gasteiger charge is 2.11. The minimum absolute atomic E-state index is 0.513. The molecule has 1 aromatic carbocycles. The van der Waals surface area contributed by atoms with Gasteiger partial charge in [0.2, 0.25) is 5.88 Å². The van der Waals surface area contributed by atoms with E-state index in [0.717, 1.165) is 22.6 Å². The van der Waals surface area contributed by atoms with Crippen LogP contribution in [0.1, 0.15) is 11.4 Å². The maximum absolute atomic E-state index is 5.29. The van der Waals surface area contributed by atoms with Crippen LogP contribution < -0.4 is 4.74 Å². The van der Waals surface area contributed by atoms with Crippen LogP contribution in [0.15, 0.2) is 42.5 Å². The fraction of sp³-hybridized carbons (Fsp3) is 0.188. The van der Waals surface area contributed by atoms with Crippen molar-refractivity contribution in [1.82, 2.24) is 19.7 Å². The van der Waals surface area contributed by atoms with Crippen LogP contribution in [0.2, 0.25) is 0 Å². The lowest BCUT2D eigenvalue weighted by Gasteiger charge is -2.08. The number of benzene rings is 1. The molecule has 0 fully saturated rings. The molecule has 0 aliphatic carbocycles. The molecule has 2 aromatic heterocycles. The lowest BCUT2D eigenvalue weighted by atomic mass is 10.1. The lowest BCUT2D eigenvalue weighted by Crippen LogP contribution is -2.07. The summed E-state index contributed by atoms with van der Waals surface area (Å²) in [5, 5.41) is 4.43. The van der Waals surface area contributed by atoms with E-state index in [2.05, 4.69) is 15.1 Å². The van der Waals surface area contributed by atoms with Gasteiger partial charge >= 0.3 is 0 Å². The summed E-state index contributed by atoms with van der Waals surface area (Å²) in [7, 11) is 1.60. The van der Waals surface area contributed by atoms with Gasteiger partial charge in [-0.05, 0) is 19.9 Å². The van der Waals surface area contributed by atoms with Crippen LogP contribution in [0.3, 0.4) is 0 Å². The molecule has 2 heterocycles. The van der Waals surface area contributed by atoms with Crippen molar-refractivity contribution in [3.05, 3.63) is 53.9 Å². The second-order valence-electron chi connectivity index (χ2n) is 4.80. The van der Waals surface area contributed by atoms with Crippen molar-refractivity contribution in [2.24, 2.45) is 0 Å². The summed E-state index contributed by atoms with van der Waals surface area (Å²) in [6.45, 7) is 3.92. The van der Waals surface area contributed by atoms with Crippen molar-refractivity contribution in [2.45, 2.75) is 13.8 Å². The zero-order valence-corrected chi connectivity index (χ0v) is 12.2. The first kappa shape index (κ1) is 13.3. The Labute approximate surface area is 123 Å². The van der Waals surface area contributed by atoms with Gasteiger partial charge in [0.15, 0.2) is 0 Å². The third-order valence-electron chi connectivity index (χ3n) is 3.17. The normalized spacial score (nSPS) is 10.6. The van der Waals surface area contributed by atoms with E-state index in [1.165, 1.54) is 0 Å². The number of aryl methyl sites for hydroxylation is 2. The zero-order chi connectivity index (χ0) is 14.8. The van der Waals surface area contributed by atoms with Crippen molar-refractivity contribution in [2.75, 3.05) is 7.11 Å². The van der Waals surface area contributed by atoms with Gasteiger partial charge in [-0.2, -0.15) is 10.1 Å². The molecule has 3 aromatic rings. The van der Waals surface area contributed by atoms with Crippen LogP contribution in [-0.2, 0) is 0 Å². The number of hydrogen-bond donors (Lipinski definition) is 0. The standard InChI is InChI=1S/C16H16N4O/c1-11-9-12(2)20(19-11)16-17-14(10-15(18-16)21-3)13-7-5-4-6-8-13/h4-10H,1-3H3. The van der Waals surface area contributed by atoms with E-state index < -0.39 is 0 Å². The highest BCUT2D eigenvalue weighted by molar-refractivity contribution is 5.60. The number of rotatable bonds is 3. The molecule has 0 aliphatic rings. The first-order chi connectivity index (χ1) is 10.2. The summed E-state index contributed by atoms with van der Waals surface area (Å²) in [5.41, 5.74) is 3.74. The highest BCUT2D eigenvalue weighted by Crippen LogP contribution is 2.22. The van der Waals surface area contributed by atoms with Crippen molar-refractivity contribution < 1.29 is 4.74 Å². The van der Waals surface area contributed by atoms with Gasteiger partial charge in [0.1, 0.15) is 0 Å². The third-order valence-corrected chi connectivity index (χ3v) is 3.17. The molecule has 0 aliphatic heterocycles. The third kappa shape index (κ3) is 2.63. The van der Waals surface area contributed by atoms with Crippen LogP contribution in [0, 0.1) is 13.8 Å². The van der Waals surface area contributed by atoms with E-state index in [0.29, 0.717) is 11.8 Å². The Hall–Kier alpha value is -2.69. The number of nitrogens with zero attached hydrogens (tertiary/aromatic N) is 4. The molecule has 21 heavy (non-hydrogen) atoms. The Bertz CT molecular complexity index is 765. The monoisotopic (exact) mass is 280 g/mol. The predicted molar refractivity (Wildman–Crippen MR) is 80.6 cm³/mol. The minimum atomic E-state index is 0.513. The Balaban J connectivity index is 2.16. The largest absolute Gasteiger partial charge is 0.481 e. The molecule has 0 bridgehead atoms. The molecule has 0 N–H and O–H groups in total. The quantitative estimate of drug-likeness (QED) is 0.740. The van der Waals surface area contributed by atoms with Crippen LogP contribution in [0.25, 0.3) is 17.2 Å². The second kappa shape index (κ2) is 5.36. The van der Waals surface area contributed by atoms with Crippen molar-refractivity contribution in [1.29, 1.82) is 0 Å². The van der Waals surface area contributed by atoms with E-state index >= 15 is 0 Å². The maximum Gasteiger partial charge on any atom is 0.254 e. The van der Waals surface area contributed by atoms with Crippen molar-refractivity contribution in [3.63, 3.8) is 0 Å². The van der Waals surface area contributed by atoms with E-state index in [1.54, 1.807) is 11.8 Å². The van der Waals surface area contributed by atoms with Crippen LogP contribution in [0.5, 0.6) is 5.88 Å². The molecule has 0 amide bonds. The van der Waals surface area contributed by atoms with Crippen LogP contribution in [0.4, 0.5) is 0 Å². The first-order valence-electron chi connectivity index (χ1n) is 6.69. The van der Waals surface area contributed by atoms with Crippen molar-refractivity contribution in [3.8, 4) is 23.1 Å². The Morgan fingerprint density at radius 3 is 2.38 bits per heavy atom. The molecule has 0 saturated carbocycles. The molecular formula is C16H16N4O. The van der Waals surface area contributed by atoms with Gasteiger partial charge in [0, 0.05) is 17.3 Å². The summed E-state index contributed by atoms with van der Waals surface area (Å²) >= 11 is 0. The fourth-order valence-corrected chi connectivity index (χ4v) is 2.20. The summed E-state index contributed by atoms with van der Waals surface area (Å²) in [6, 6.07) is 13.8. The van der Waals surface area contributed by atoms with Crippen LogP contribution in [-0.4, -0.2) is 26.9 Å². The maximum atomic E-state index is 5.29. The molecule has 5 nitrogen and oxygen atoms in total. The molecular weight excluding hydrogens is 264 g/mol. The number of aromatic nitrogens is 4. The first-order valence-corrected chi connectivity index (χ1v) is 6.69. The van der Waals surface area contributed by atoms with Crippen molar-refractivity contribution >= 4 is 0 Å². The second-order valence-corrected chi connectivity index (χ2v) is 4.80. The Morgan fingerprint density at radius 2 is 1.76 bits per heavy atom. The van der Waals surface area contributed by atoms with E-state index in [-0.39, 0.29) is 0 Å². The zero-order valence-electron chi connectivity index (χ0n) is 12.2. The van der Waals surface area contributed by atoms with E-state index in [1.807, 2.05) is 56.3 Å². The average Bonchev–Trinajstić information content (AvgIpc) is 2.86. The molecule has 0 spiro atoms. The number of hydrogen-bond acceptors (Lipinski definition) is 4. The topological polar surface area (TPSA) is 52.8 Å². The molecule has 0 saturated heterocycles. The van der Waals surface area contributed by atoms with Gasteiger partial charge in [0.05, 0.1) is 18.5 Å². The summed E-state index contributed by atoms with van der Waals surface area (Å²) in [6.07, 6.45) is 0. The Kier molecular flexibility index (Phi) is 3.39. The van der Waals surface area contributed by atoms with Gasteiger partial charge in [-0.3, -0.25) is 0 Å². The SMILES string of the molecule is COc1cc(-c2ccccc2)nc(-n2nc(C)cc2C)n1. The summed E-state index contributed by atoms with van der Waals surface area (Å²) in [4.78, 5) is 8.99. The molecule has 0 unspecified atom stereocenters. The average molecular weight is 280 g/mol. The Morgan fingerprint density at radius 1 is 1.00 bits per heavy atom. The van der Waals surface area contributed by atoms with Gasteiger partial charge < -0.3 is 4.74 Å². The number of methoxy groups -OCH3 is 1.